The lowest BCUT2D eigenvalue weighted by atomic mass is 10.1. The first-order valence-corrected chi connectivity index (χ1v) is 7.31. The molecule has 0 aliphatic heterocycles. The molecule has 0 heterocycles. The lowest BCUT2D eigenvalue weighted by Crippen LogP contribution is -2.43. The average molecular weight is 305 g/mol. The molecule has 0 aliphatic carbocycles. The van der Waals surface area contributed by atoms with Gasteiger partial charge < -0.3 is 5.32 Å². The van der Waals surface area contributed by atoms with Gasteiger partial charge in [-0.05, 0) is 25.0 Å². The molecule has 0 radical (unpaired) electrons. The predicted octanol–water partition coefficient (Wildman–Crippen LogP) is 1.31. The van der Waals surface area contributed by atoms with Crippen molar-refractivity contribution in [1.29, 1.82) is 0 Å². The van der Waals surface area contributed by atoms with Gasteiger partial charge in [-0.3, -0.25) is 25.2 Å². The molecule has 0 saturated heterocycles. The van der Waals surface area contributed by atoms with E-state index in [1.54, 1.807) is 18.2 Å². The van der Waals surface area contributed by atoms with Gasteiger partial charge in [0.15, 0.2) is 0 Å². The van der Waals surface area contributed by atoms with Crippen LogP contribution in [0.15, 0.2) is 24.3 Å². The Morgan fingerprint density at radius 2 is 1.77 bits per heavy atom. The molecule has 0 unspecified atom stereocenters. The van der Waals surface area contributed by atoms with E-state index in [1.165, 1.54) is 0 Å². The first-order valence-electron chi connectivity index (χ1n) is 7.31. The summed E-state index contributed by atoms with van der Waals surface area (Å²) in [6.07, 6.45) is 0.448. The lowest BCUT2D eigenvalue weighted by molar-refractivity contribution is -0.129. The molecule has 6 nitrogen and oxygen atoms in total. The Bertz CT molecular complexity index is 541. The van der Waals surface area contributed by atoms with Crippen molar-refractivity contribution in [2.75, 3.05) is 6.54 Å². The molecule has 3 N–H and O–H groups in total. The van der Waals surface area contributed by atoms with E-state index >= 15 is 0 Å². The highest BCUT2D eigenvalue weighted by atomic mass is 16.2. The first kappa shape index (κ1) is 17.7. The summed E-state index contributed by atoms with van der Waals surface area (Å²) >= 11 is 0. The van der Waals surface area contributed by atoms with E-state index < -0.39 is 0 Å². The van der Waals surface area contributed by atoms with Crippen molar-refractivity contribution in [2.45, 2.75) is 33.6 Å². The van der Waals surface area contributed by atoms with Crippen molar-refractivity contribution in [3.63, 3.8) is 0 Å². The Morgan fingerprint density at radius 1 is 1.09 bits per heavy atom. The molecule has 1 rings (SSSR count). The van der Waals surface area contributed by atoms with Crippen LogP contribution in [-0.2, 0) is 9.59 Å². The summed E-state index contributed by atoms with van der Waals surface area (Å²) in [5.41, 5.74) is 6.22. The SMILES string of the molecule is Cc1cccc(C(=O)NCCC(=O)NNC(=O)CC(C)C)c1. The monoisotopic (exact) mass is 305 g/mol. The molecular weight excluding hydrogens is 282 g/mol. The molecule has 3 amide bonds. The number of rotatable bonds is 6. The van der Waals surface area contributed by atoms with Crippen molar-refractivity contribution >= 4 is 17.7 Å². The molecule has 0 fully saturated rings. The van der Waals surface area contributed by atoms with Gasteiger partial charge in [0.2, 0.25) is 11.8 Å². The standard InChI is InChI=1S/C16H23N3O3/c1-11(2)9-15(21)19-18-14(20)7-8-17-16(22)13-6-4-5-12(3)10-13/h4-6,10-11H,7-9H2,1-3H3,(H,17,22)(H,18,20)(H,19,21). The maximum atomic E-state index is 11.9. The van der Waals surface area contributed by atoms with Crippen molar-refractivity contribution in [2.24, 2.45) is 5.92 Å². The average Bonchev–Trinajstić information content (AvgIpc) is 2.44. The van der Waals surface area contributed by atoms with Gasteiger partial charge in [-0.15, -0.1) is 0 Å². The molecule has 0 aliphatic rings. The van der Waals surface area contributed by atoms with Crippen LogP contribution in [0.25, 0.3) is 0 Å². The quantitative estimate of drug-likeness (QED) is 0.692. The summed E-state index contributed by atoms with van der Waals surface area (Å²) in [7, 11) is 0. The second kappa shape index (κ2) is 8.81. The molecule has 22 heavy (non-hydrogen) atoms. The molecule has 0 spiro atoms. The number of hydrogen-bond donors (Lipinski definition) is 3. The van der Waals surface area contributed by atoms with Crippen molar-refractivity contribution < 1.29 is 14.4 Å². The zero-order valence-electron chi connectivity index (χ0n) is 13.2. The number of hydrogen-bond acceptors (Lipinski definition) is 3. The second-order valence-corrected chi connectivity index (χ2v) is 5.57. The molecule has 0 bridgehead atoms. The lowest BCUT2D eigenvalue weighted by Gasteiger charge is -2.09. The van der Waals surface area contributed by atoms with E-state index in [2.05, 4.69) is 16.2 Å². The fourth-order valence-electron chi connectivity index (χ4n) is 1.80. The number of carbonyl (C=O) groups is 3. The zero-order valence-corrected chi connectivity index (χ0v) is 13.2. The van der Waals surface area contributed by atoms with Crippen LogP contribution in [0.1, 0.15) is 42.6 Å². The van der Waals surface area contributed by atoms with Gasteiger partial charge in [0.25, 0.3) is 5.91 Å². The van der Waals surface area contributed by atoms with Crippen LogP contribution in [0, 0.1) is 12.8 Å². The topological polar surface area (TPSA) is 87.3 Å². The van der Waals surface area contributed by atoms with E-state index in [4.69, 9.17) is 0 Å². The van der Waals surface area contributed by atoms with Gasteiger partial charge in [-0.1, -0.05) is 31.5 Å². The van der Waals surface area contributed by atoms with Crippen molar-refractivity contribution in [1.82, 2.24) is 16.2 Å². The molecular formula is C16H23N3O3. The predicted molar refractivity (Wildman–Crippen MR) is 83.9 cm³/mol. The minimum Gasteiger partial charge on any atom is -0.352 e. The molecule has 1 aromatic rings. The van der Waals surface area contributed by atoms with Gasteiger partial charge in [0, 0.05) is 24.9 Å². The van der Waals surface area contributed by atoms with Crippen LogP contribution in [0.5, 0.6) is 0 Å². The second-order valence-electron chi connectivity index (χ2n) is 5.57. The van der Waals surface area contributed by atoms with Gasteiger partial charge in [0.1, 0.15) is 0 Å². The summed E-state index contributed by atoms with van der Waals surface area (Å²) in [6, 6.07) is 7.21. The summed E-state index contributed by atoms with van der Waals surface area (Å²) in [4.78, 5) is 34.7. The molecule has 120 valence electrons. The summed E-state index contributed by atoms with van der Waals surface area (Å²) in [6.45, 7) is 5.95. The highest BCUT2D eigenvalue weighted by molar-refractivity contribution is 5.94. The normalized spacial score (nSPS) is 10.2. The Hall–Kier alpha value is -2.37. The van der Waals surface area contributed by atoms with Gasteiger partial charge >= 0.3 is 0 Å². The van der Waals surface area contributed by atoms with E-state index in [1.807, 2.05) is 26.8 Å². The third-order valence-corrected chi connectivity index (χ3v) is 2.85. The minimum absolute atomic E-state index is 0.0967. The van der Waals surface area contributed by atoms with Crippen molar-refractivity contribution in [3.05, 3.63) is 35.4 Å². The van der Waals surface area contributed by atoms with E-state index in [0.717, 1.165) is 5.56 Å². The smallest absolute Gasteiger partial charge is 0.251 e. The Labute approximate surface area is 130 Å². The van der Waals surface area contributed by atoms with Crippen LogP contribution >= 0.6 is 0 Å². The first-order chi connectivity index (χ1) is 10.4. The van der Waals surface area contributed by atoms with E-state index in [0.29, 0.717) is 12.0 Å². The van der Waals surface area contributed by atoms with Crippen LogP contribution in [0.4, 0.5) is 0 Å². The molecule has 1 aromatic carbocycles. The van der Waals surface area contributed by atoms with Gasteiger partial charge in [-0.25, -0.2) is 0 Å². The molecule has 6 heteroatoms. The maximum Gasteiger partial charge on any atom is 0.251 e. The summed E-state index contributed by atoms with van der Waals surface area (Å²) in [5.74, 6) is -0.570. The van der Waals surface area contributed by atoms with Crippen molar-refractivity contribution in [3.8, 4) is 0 Å². The fourth-order valence-corrected chi connectivity index (χ4v) is 1.80. The van der Waals surface area contributed by atoms with Crippen LogP contribution in [0.2, 0.25) is 0 Å². The molecule has 0 saturated carbocycles. The summed E-state index contributed by atoms with van der Waals surface area (Å²) < 4.78 is 0. The van der Waals surface area contributed by atoms with Crippen LogP contribution < -0.4 is 16.2 Å². The van der Waals surface area contributed by atoms with Gasteiger partial charge in [-0.2, -0.15) is 0 Å². The third-order valence-electron chi connectivity index (χ3n) is 2.85. The van der Waals surface area contributed by atoms with Crippen LogP contribution in [-0.4, -0.2) is 24.3 Å². The van der Waals surface area contributed by atoms with E-state index in [-0.39, 0.29) is 36.6 Å². The number of aryl methyl sites for hydroxylation is 1. The number of benzene rings is 1. The zero-order chi connectivity index (χ0) is 16.5. The number of amides is 3. The molecule has 0 atom stereocenters. The van der Waals surface area contributed by atoms with Crippen LogP contribution in [0.3, 0.4) is 0 Å². The number of carbonyl (C=O) groups excluding carboxylic acids is 3. The fraction of sp³-hybridized carbons (Fsp3) is 0.438. The number of nitrogens with one attached hydrogen (secondary N) is 3. The third kappa shape index (κ3) is 6.88. The van der Waals surface area contributed by atoms with Gasteiger partial charge in [0.05, 0.1) is 0 Å². The largest absolute Gasteiger partial charge is 0.352 e. The molecule has 0 aromatic heterocycles. The highest BCUT2D eigenvalue weighted by Gasteiger charge is 2.08. The Morgan fingerprint density at radius 3 is 2.41 bits per heavy atom. The minimum atomic E-state index is -0.346. The van der Waals surface area contributed by atoms with E-state index in [9.17, 15) is 14.4 Å². The highest BCUT2D eigenvalue weighted by Crippen LogP contribution is 2.03. The Balaban J connectivity index is 2.25. The number of hydrazine groups is 1. The maximum absolute atomic E-state index is 11.9. The summed E-state index contributed by atoms with van der Waals surface area (Å²) in [5, 5.41) is 2.66. The Kier molecular flexibility index (Phi) is 7.08.